The monoisotopic (exact) mass is 340 g/mol. The van der Waals surface area contributed by atoms with Crippen molar-refractivity contribution < 1.29 is 0 Å². The molecule has 4 heteroatoms. The fourth-order valence-electron chi connectivity index (χ4n) is 3.17. The van der Waals surface area contributed by atoms with Crippen LogP contribution in [-0.2, 0) is 0 Å². The number of thioether (sulfide) groups is 4. The third-order valence-electron chi connectivity index (χ3n) is 4.45. The minimum absolute atomic E-state index is 0.891. The molecule has 2 aliphatic carbocycles. The van der Waals surface area contributed by atoms with E-state index in [1.54, 1.807) is 28.1 Å². The Morgan fingerprint density at radius 1 is 0.650 bits per heavy atom. The first-order valence-electron chi connectivity index (χ1n) is 7.58. The molecule has 0 spiro atoms. The van der Waals surface area contributed by atoms with Crippen molar-refractivity contribution in [3.05, 3.63) is 28.1 Å². The molecule has 0 radical (unpaired) electrons. The SMILES string of the molecule is CC1CCC2=C(C1)S/C(=C1/SC3=C(CC(C)CC3)S1)S2. The van der Waals surface area contributed by atoms with Gasteiger partial charge in [0.05, 0.1) is 8.47 Å². The Kier molecular flexibility index (Phi) is 4.04. The molecule has 4 rings (SSSR count). The molecule has 0 nitrogen and oxygen atoms in total. The van der Waals surface area contributed by atoms with E-state index in [1.807, 2.05) is 0 Å². The molecule has 2 aliphatic heterocycles. The van der Waals surface area contributed by atoms with Gasteiger partial charge in [-0.25, -0.2) is 0 Å². The maximum Gasteiger partial charge on any atom is 0.0700 e. The lowest BCUT2D eigenvalue weighted by atomic mass is 9.96. The molecule has 2 heterocycles. The van der Waals surface area contributed by atoms with Crippen LogP contribution in [0.25, 0.3) is 0 Å². The summed E-state index contributed by atoms with van der Waals surface area (Å²) >= 11 is 8.38. The Balaban J connectivity index is 1.51. The van der Waals surface area contributed by atoms with Gasteiger partial charge in [0.1, 0.15) is 0 Å². The van der Waals surface area contributed by atoms with Gasteiger partial charge in [0.2, 0.25) is 0 Å². The highest BCUT2D eigenvalue weighted by atomic mass is 32.2. The van der Waals surface area contributed by atoms with Gasteiger partial charge in [-0.15, -0.1) is 0 Å². The molecule has 0 fully saturated rings. The van der Waals surface area contributed by atoms with Gasteiger partial charge in [0, 0.05) is 19.6 Å². The quantitative estimate of drug-likeness (QED) is 0.459. The summed E-state index contributed by atoms with van der Waals surface area (Å²) in [6.07, 6.45) is 8.07. The van der Waals surface area contributed by atoms with Crippen LogP contribution in [0.2, 0.25) is 0 Å². The molecular weight excluding hydrogens is 320 g/mol. The number of allylic oxidation sites excluding steroid dienone is 4. The molecule has 0 aromatic heterocycles. The van der Waals surface area contributed by atoms with Gasteiger partial charge >= 0.3 is 0 Å². The molecule has 2 unspecified atom stereocenters. The Morgan fingerprint density at radius 3 is 1.50 bits per heavy atom. The van der Waals surface area contributed by atoms with E-state index >= 15 is 0 Å². The molecule has 2 atom stereocenters. The Morgan fingerprint density at radius 2 is 1.05 bits per heavy atom. The van der Waals surface area contributed by atoms with Gasteiger partial charge in [-0.05, 0) is 50.4 Å². The summed E-state index contributed by atoms with van der Waals surface area (Å²) in [6, 6.07) is 0. The smallest absolute Gasteiger partial charge is 0.0700 e. The zero-order valence-corrected chi connectivity index (χ0v) is 15.3. The van der Waals surface area contributed by atoms with Crippen LogP contribution in [0.4, 0.5) is 0 Å². The van der Waals surface area contributed by atoms with Crippen molar-refractivity contribution in [2.45, 2.75) is 52.4 Å². The second kappa shape index (κ2) is 5.68. The lowest BCUT2D eigenvalue weighted by molar-refractivity contribution is 0.520. The van der Waals surface area contributed by atoms with Crippen LogP contribution in [-0.4, -0.2) is 0 Å². The fourth-order valence-corrected chi connectivity index (χ4v) is 9.44. The molecule has 0 bridgehead atoms. The van der Waals surface area contributed by atoms with Gasteiger partial charge in [0.25, 0.3) is 0 Å². The van der Waals surface area contributed by atoms with Crippen molar-refractivity contribution in [2.24, 2.45) is 11.8 Å². The van der Waals surface area contributed by atoms with Crippen molar-refractivity contribution in [2.75, 3.05) is 0 Å². The number of rotatable bonds is 0. The molecule has 0 aromatic rings. The third kappa shape index (κ3) is 2.66. The van der Waals surface area contributed by atoms with Crippen LogP contribution in [0.3, 0.4) is 0 Å². The van der Waals surface area contributed by atoms with Crippen molar-refractivity contribution in [3.63, 3.8) is 0 Å². The highest BCUT2D eigenvalue weighted by Crippen LogP contribution is 2.64. The molecule has 20 heavy (non-hydrogen) atoms. The zero-order chi connectivity index (χ0) is 13.7. The van der Waals surface area contributed by atoms with E-state index in [1.165, 1.54) is 38.5 Å². The van der Waals surface area contributed by atoms with E-state index in [0.717, 1.165) is 11.8 Å². The molecular formula is C16H20S4. The van der Waals surface area contributed by atoms with Crippen molar-refractivity contribution in [3.8, 4) is 0 Å². The fraction of sp³-hybridized carbons (Fsp3) is 0.625. The maximum atomic E-state index is 2.40. The molecule has 0 aromatic carbocycles. The van der Waals surface area contributed by atoms with Gasteiger partial charge < -0.3 is 0 Å². The van der Waals surface area contributed by atoms with E-state index in [2.05, 4.69) is 60.9 Å². The van der Waals surface area contributed by atoms with Crippen molar-refractivity contribution >= 4 is 47.0 Å². The lowest BCUT2D eigenvalue weighted by Gasteiger charge is -2.17. The molecule has 0 N–H and O–H groups in total. The lowest BCUT2D eigenvalue weighted by Crippen LogP contribution is -2.01. The van der Waals surface area contributed by atoms with E-state index < -0.39 is 0 Å². The van der Waals surface area contributed by atoms with Crippen LogP contribution < -0.4 is 0 Å². The Labute approximate surface area is 139 Å². The first-order chi connectivity index (χ1) is 9.69. The summed E-state index contributed by atoms with van der Waals surface area (Å²) in [5.41, 5.74) is 0. The van der Waals surface area contributed by atoms with E-state index in [4.69, 9.17) is 0 Å². The topological polar surface area (TPSA) is 0 Å². The third-order valence-corrected chi connectivity index (χ3v) is 10.5. The normalized spacial score (nSPS) is 37.5. The van der Waals surface area contributed by atoms with E-state index in [-0.39, 0.29) is 0 Å². The van der Waals surface area contributed by atoms with Gasteiger partial charge in [-0.3, -0.25) is 0 Å². The molecule has 108 valence electrons. The highest BCUT2D eigenvalue weighted by molar-refractivity contribution is 8.34. The average Bonchev–Trinajstić information content (AvgIpc) is 3.00. The van der Waals surface area contributed by atoms with Gasteiger partial charge in [-0.2, -0.15) is 0 Å². The molecule has 0 saturated carbocycles. The summed E-state index contributed by atoms with van der Waals surface area (Å²) in [5, 5.41) is 0. The second-order valence-electron chi connectivity index (χ2n) is 6.37. The molecule has 0 saturated heterocycles. The summed E-state index contributed by atoms with van der Waals surface area (Å²) in [6.45, 7) is 4.81. The standard InChI is InChI=1S/C16H20S4/c1-9-3-5-11-13(7-9)19-15(17-11)16-18-12-6-4-10(2)8-14(12)20-16/h9-10H,3-8H2,1-2H3/b16-15-. The van der Waals surface area contributed by atoms with Crippen LogP contribution in [0, 0.1) is 11.8 Å². The summed E-state index contributed by atoms with van der Waals surface area (Å²) < 4.78 is 3.20. The minimum Gasteiger partial charge on any atom is -0.0846 e. The van der Waals surface area contributed by atoms with Crippen LogP contribution in [0.1, 0.15) is 52.4 Å². The van der Waals surface area contributed by atoms with Crippen LogP contribution in [0.5, 0.6) is 0 Å². The van der Waals surface area contributed by atoms with E-state index in [9.17, 15) is 0 Å². The maximum absolute atomic E-state index is 2.40. The number of hydrogen-bond donors (Lipinski definition) is 0. The average molecular weight is 341 g/mol. The zero-order valence-electron chi connectivity index (χ0n) is 12.0. The van der Waals surface area contributed by atoms with Gasteiger partial charge in [0.15, 0.2) is 0 Å². The predicted octanol–water partition coefficient (Wildman–Crippen LogP) is 7.14. The molecule has 0 amide bonds. The van der Waals surface area contributed by atoms with E-state index in [0.29, 0.717) is 0 Å². The Bertz CT molecular complexity index is 493. The predicted molar refractivity (Wildman–Crippen MR) is 97.5 cm³/mol. The largest absolute Gasteiger partial charge is 0.0846 e. The summed E-state index contributed by atoms with van der Waals surface area (Å²) in [4.78, 5) is 6.76. The molecule has 4 aliphatic rings. The van der Waals surface area contributed by atoms with Crippen LogP contribution in [0.15, 0.2) is 28.1 Å². The first-order valence-corrected chi connectivity index (χ1v) is 10.9. The Hall–Kier alpha value is 0.620. The first kappa shape index (κ1) is 14.2. The summed E-state index contributed by atoms with van der Waals surface area (Å²) in [7, 11) is 0. The second-order valence-corrected chi connectivity index (χ2v) is 11.3. The van der Waals surface area contributed by atoms with Crippen molar-refractivity contribution in [1.82, 2.24) is 0 Å². The van der Waals surface area contributed by atoms with Crippen LogP contribution >= 0.6 is 47.0 Å². The number of hydrogen-bond acceptors (Lipinski definition) is 4. The summed E-state index contributed by atoms with van der Waals surface area (Å²) in [5.74, 6) is 1.78. The van der Waals surface area contributed by atoms with Crippen molar-refractivity contribution in [1.29, 1.82) is 0 Å². The highest BCUT2D eigenvalue weighted by Gasteiger charge is 2.33. The minimum atomic E-state index is 0.891. The van der Waals surface area contributed by atoms with Gasteiger partial charge in [-0.1, -0.05) is 60.9 Å².